The first-order valence-corrected chi connectivity index (χ1v) is 7.08. The lowest BCUT2D eigenvalue weighted by Gasteiger charge is -2.10. The molecule has 1 saturated carbocycles. The van der Waals surface area contributed by atoms with E-state index in [1.54, 1.807) is 11.3 Å². The molecule has 1 fully saturated rings. The molecule has 2 aromatic rings. The van der Waals surface area contributed by atoms with E-state index >= 15 is 0 Å². The largest absolute Gasteiger partial charge is 0.324 e. The minimum absolute atomic E-state index is 0. The number of carbonyl (C=O) groups excluding carboxylic acids is 1. The number of anilines is 1. The van der Waals surface area contributed by atoms with Gasteiger partial charge in [-0.3, -0.25) is 4.79 Å². The van der Waals surface area contributed by atoms with Crippen molar-refractivity contribution in [2.75, 3.05) is 5.32 Å². The van der Waals surface area contributed by atoms with Crippen molar-refractivity contribution in [3.63, 3.8) is 0 Å². The van der Waals surface area contributed by atoms with Gasteiger partial charge in [-0.25, -0.2) is 4.98 Å². The molecule has 20 heavy (non-hydrogen) atoms. The quantitative estimate of drug-likeness (QED) is 0.916. The highest BCUT2D eigenvalue weighted by atomic mass is 35.5. The normalized spacial score (nSPS) is 15.3. The number of halogens is 1. The van der Waals surface area contributed by atoms with Gasteiger partial charge in [0.25, 0.3) is 0 Å². The van der Waals surface area contributed by atoms with Crippen LogP contribution < -0.4 is 11.1 Å². The van der Waals surface area contributed by atoms with Crippen LogP contribution in [0.1, 0.15) is 17.8 Å². The fourth-order valence-electron chi connectivity index (χ4n) is 1.84. The molecule has 0 saturated heterocycles. The van der Waals surface area contributed by atoms with E-state index in [2.05, 4.69) is 10.3 Å². The molecule has 0 spiro atoms. The maximum absolute atomic E-state index is 11.8. The van der Waals surface area contributed by atoms with Gasteiger partial charge in [0, 0.05) is 16.6 Å². The highest BCUT2D eigenvalue weighted by Gasteiger charge is 2.45. The molecule has 0 radical (unpaired) electrons. The fraction of sp³-hybridized carbons (Fsp3) is 0.286. The van der Waals surface area contributed by atoms with E-state index in [9.17, 15) is 4.79 Å². The smallest absolute Gasteiger partial charge is 0.244 e. The van der Waals surface area contributed by atoms with Gasteiger partial charge in [0.1, 0.15) is 0 Å². The zero-order chi connectivity index (χ0) is 13.5. The third-order valence-electron chi connectivity index (χ3n) is 3.30. The van der Waals surface area contributed by atoms with Gasteiger partial charge in [-0.15, -0.1) is 23.7 Å². The van der Waals surface area contributed by atoms with Gasteiger partial charge in [0.15, 0.2) is 0 Å². The number of hydrogen-bond donors (Lipinski definition) is 2. The molecular formula is C14H16ClN3OS. The maximum atomic E-state index is 11.8. The second-order valence-corrected chi connectivity index (χ2v) is 6.00. The van der Waals surface area contributed by atoms with Crippen molar-refractivity contribution in [1.82, 2.24) is 4.98 Å². The van der Waals surface area contributed by atoms with Crippen LogP contribution in [-0.4, -0.2) is 16.4 Å². The van der Waals surface area contributed by atoms with Crippen molar-refractivity contribution in [2.24, 2.45) is 5.73 Å². The number of nitrogens with two attached hydrogens (primary N) is 1. The predicted octanol–water partition coefficient (Wildman–Crippen LogP) is 2.97. The summed E-state index contributed by atoms with van der Waals surface area (Å²) in [5.74, 6) is -0.0928. The number of hydrogen-bond acceptors (Lipinski definition) is 4. The first-order valence-electron chi connectivity index (χ1n) is 6.20. The van der Waals surface area contributed by atoms with Crippen molar-refractivity contribution in [1.29, 1.82) is 0 Å². The Balaban J connectivity index is 0.00000147. The molecule has 6 heteroatoms. The SMILES string of the molecule is Cc1nc(-c2ccc(NC(=O)C3(N)CC3)cc2)cs1.Cl. The van der Waals surface area contributed by atoms with Crippen LogP contribution in [-0.2, 0) is 4.79 Å². The number of benzene rings is 1. The molecule has 1 aromatic heterocycles. The van der Waals surface area contributed by atoms with Crippen LogP contribution in [0.25, 0.3) is 11.3 Å². The molecule has 1 heterocycles. The minimum atomic E-state index is -0.634. The first kappa shape index (κ1) is 15.0. The second-order valence-electron chi connectivity index (χ2n) is 4.94. The van der Waals surface area contributed by atoms with E-state index in [4.69, 9.17) is 5.73 Å². The average Bonchev–Trinajstić information content (AvgIpc) is 3.01. The highest BCUT2D eigenvalue weighted by Crippen LogP contribution is 2.33. The van der Waals surface area contributed by atoms with Gasteiger partial charge in [0.2, 0.25) is 5.91 Å². The van der Waals surface area contributed by atoms with Crippen LogP contribution in [0.5, 0.6) is 0 Å². The number of carbonyl (C=O) groups is 1. The summed E-state index contributed by atoms with van der Waals surface area (Å²) >= 11 is 1.63. The number of aromatic nitrogens is 1. The lowest BCUT2D eigenvalue weighted by molar-refractivity contribution is -0.118. The van der Waals surface area contributed by atoms with Crippen molar-refractivity contribution in [3.8, 4) is 11.3 Å². The Morgan fingerprint density at radius 2 is 2.00 bits per heavy atom. The highest BCUT2D eigenvalue weighted by molar-refractivity contribution is 7.09. The molecule has 0 atom stereocenters. The van der Waals surface area contributed by atoms with Crippen molar-refractivity contribution < 1.29 is 4.79 Å². The van der Waals surface area contributed by atoms with E-state index < -0.39 is 5.54 Å². The summed E-state index contributed by atoms with van der Waals surface area (Å²) < 4.78 is 0. The Hall–Kier alpha value is -1.43. The van der Waals surface area contributed by atoms with Crippen molar-refractivity contribution in [3.05, 3.63) is 34.7 Å². The van der Waals surface area contributed by atoms with E-state index in [0.29, 0.717) is 0 Å². The molecule has 1 aromatic carbocycles. The van der Waals surface area contributed by atoms with Crippen molar-refractivity contribution in [2.45, 2.75) is 25.3 Å². The predicted molar refractivity (Wildman–Crippen MR) is 84.3 cm³/mol. The minimum Gasteiger partial charge on any atom is -0.324 e. The van der Waals surface area contributed by atoms with Gasteiger partial charge in [-0.1, -0.05) is 12.1 Å². The molecule has 106 valence electrons. The zero-order valence-electron chi connectivity index (χ0n) is 11.1. The van der Waals surface area contributed by atoms with Gasteiger partial charge < -0.3 is 11.1 Å². The molecule has 0 aliphatic heterocycles. The Morgan fingerprint density at radius 1 is 1.35 bits per heavy atom. The van der Waals surface area contributed by atoms with E-state index in [0.717, 1.165) is 34.8 Å². The molecular weight excluding hydrogens is 294 g/mol. The molecule has 1 amide bonds. The molecule has 3 rings (SSSR count). The van der Waals surface area contributed by atoms with Gasteiger partial charge in [0.05, 0.1) is 16.2 Å². The summed E-state index contributed by atoms with van der Waals surface area (Å²) in [5, 5.41) is 5.92. The lowest BCUT2D eigenvalue weighted by Crippen LogP contribution is -2.37. The maximum Gasteiger partial charge on any atom is 0.244 e. The number of thiazole rings is 1. The van der Waals surface area contributed by atoms with Crippen LogP contribution in [0.4, 0.5) is 5.69 Å². The lowest BCUT2D eigenvalue weighted by atomic mass is 10.1. The van der Waals surface area contributed by atoms with Gasteiger partial charge in [-0.2, -0.15) is 0 Å². The standard InChI is InChI=1S/C14H15N3OS.ClH/c1-9-16-12(8-19-9)10-2-4-11(5-3-10)17-13(18)14(15)6-7-14;/h2-5,8H,6-7,15H2,1H3,(H,17,18);1H. The number of amides is 1. The van der Waals surface area contributed by atoms with Crippen molar-refractivity contribution >= 4 is 35.3 Å². The summed E-state index contributed by atoms with van der Waals surface area (Å²) in [6.07, 6.45) is 1.55. The van der Waals surface area contributed by atoms with Gasteiger partial charge >= 0.3 is 0 Å². The van der Waals surface area contributed by atoms with Crippen LogP contribution >= 0.6 is 23.7 Å². The van der Waals surface area contributed by atoms with E-state index in [1.165, 1.54) is 0 Å². The number of nitrogens with zero attached hydrogens (tertiary/aromatic N) is 1. The number of nitrogens with one attached hydrogen (secondary N) is 1. The Bertz CT molecular complexity index is 620. The zero-order valence-corrected chi connectivity index (χ0v) is 12.7. The number of rotatable bonds is 3. The van der Waals surface area contributed by atoms with Crippen LogP contribution in [0, 0.1) is 6.92 Å². The summed E-state index contributed by atoms with van der Waals surface area (Å²) in [4.78, 5) is 16.2. The van der Waals surface area contributed by atoms with E-state index in [-0.39, 0.29) is 18.3 Å². The molecule has 4 nitrogen and oxygen atoms in total. The Morgan fingerprint density at radius 3 is 2.50 bits per heavy atom. The molecule has 1 aliphatic carbocycles. The summed E-state index contributed by atoms with van der Waals surface area (Å²) in [5.41, 5.74) is 8.00. The molecule has 1 aliphatic rings. The second kappa shape index (κ2) is 5.52. The third kappa shape index (κ3) is 3.00. The molecule has 0 unspecified atom stereocenters. The van der Waals surface area contributed by atoms with Crippen LogP contribution in [0.2, 0.25) is 0 Å². The van der Waals surface area contributed by atoms with E-state index in [1.807, 2.05) is 36.6 Å². The number of aryl methyl sites for hydroxylation is 1. The third-order valence-corrected chi connectivity index (χ3v) is 4.07. The Labute approximate surface area is 127 Å². The molecule has 0 bridgehead atoms. The van der Waals surface area contributed by atoms with Gasteiger partial charge in [-0.05, 0) is 31.9 Å². The fourth-order valence-corrected chi connectivity index (χ4v) is 2.46. The first-order chi connectivity index (χ1) is 9.07. The Kier molecular flexibility index (Phi) is 4.13. The summed E-state index contributed by atoms with van der Waals surface area (Å²) in [6, 6.07) is 7.68. The summed E-state index contributed by atoms with van der Waals surface area (Å²) in [6.45, 7) is 1.99. The molecule has 3 N–H and O–H groups in total. The average molecular weight is 310 g/mol. The summed E-state index contributed by atoms with van der Waals surface area (Å²) in [7, 11) is 0. The topological polar surface area (TPSA) is 68.0 Å². The monoisotopic (exact) mass is 309 g/mol. The van der Waals surface area contributed by atoms with Crippen LogP contribution in [0.15, 0.2) is 29.6 Å². The van der Waals surface area contributed by atoms with Crippen LogP contribution in [0.3, 0.4) is 0 Å².